The maximum Gasteiger partial charge on any atom is 0.129 e. The van der Waals surface area contributed by atoms with Crippen LogP contribution in [0.3, 0.4) is 0 Å². The van der Waals surface area contributed by atoms with E-state index in [1.54, 1.807) is 0 Å². The first-order valence-corrected chi connectivity index (χ1v) is 9.82. The van der Waals surface area contributed by atoms with Gasteiger partial charge in [0.25, 0.3) is 0 Å². The summed E-state index contributed by atoms with van der Waals surface area (Å²) in [4.78, 5) is 0. The van der Waals surface area contributed by atoms with Gasteiger partial charge in [-0.2, -0.15) is 0 Å². The predicted octanol–water partition coefficient (Wildman–Crippen LogP) is 3.87. The third-order valence-corrected chi connectivity index (χ3v) is 4.40. The van der Waals surface area contributed by atoms with Gasteiger partial charge in [-0.25, -0.2) is 0 Å². The number of furan rings is 2. The van der Waals surface area contributed by atoms with Gasteiger partial charge in [0.05, 0.1) is 25.4 Å². The molecule has 0 saturated heterocycles. The lowest BCUT2D eigenvalue weighted by molar-refractivity contribution is -0.0770. The van der Waals surface area contributed by atoms with Crippen molar-refractivity contribution in [2.24, 2.45) is 5.41 Å². The standard InChI is InChI=1S/C22H34O6/c1-21(2,16-25-13-19-7-5-17(27-19)9-11-23)15-22(3,4)26-14-20-8-6-18(28-20)10-12-24/h5-8,23-24H,9-16H2,1-4H3. The quantitative estimate of drug-likeness (QED) is 0.536. The number of hydrogen-bond acceptors (Lipinski definition) is 6. The smallest absolute Gasteiger partial charge is 0.129 e. The van der Waals surface area contributed by atoms with Crippen LogP contribution < -0.4 is 0 Å². The van der Waals surface area contributed by atoms with Gasteiger partial charge in [0.1, 0.15) is 36.3 Å². The lowest BCUT2D eigenvalue weighted by Crippen LogP contribution is -2.34. The molecule has 0 atom stereocenters. The zero-order chi connectivity index (χ0) is 20.6. The Morgan fingerprint density at radius 3 is 1.82 bits per heavy atom. The number of hydrogen-bond donors (Lipinski definition) is 2. The van der Waals surface area contributed by atoms with Crippen LogP contribution in [-0.2, 0) is 35.5 Å². The molecule has 6 nitrogen and oxygen atoms in total. The Hall–Kier alpha value is -1.60. The van der Waals surface area contributed by atoms with Crippen molar-refractivity contribution in [3.8, 4) is 0 Å². The summed E-state index contributed by atoms with van der Waals surface area (Å²) in [5.74, 6) is 3.08. The molecule has 0 aliphatic heterocycles. The topological polar surface area (TPSA) is 85.2 Å². The summed E-state index contributed by atoms with van der Waals surface area (Å²) in [5.41, 5.74) is -0.412. The first kappa shape index (κ1) is 22.7. The molecule has 0 aliphatic rings. The highest BCUT2D eigenvalue weighted by atomic mass is 16.5. The van der Waals surface area contributed by atoms with Gasteiger partial charge in [-0.1, -0.05) is 13.8 Å². The highest BCUT2D eigenvalue weighted by Gasteiger charge is 2.30. The largest absolute Gasteiger partial charge is 0.464 e. The molecule has 2 rings (SSSR count). The molecular formula is C22H34O6. The number of aliphatic hydroxyl groups is 2. The van der Waals surface area contributed by atoms with Gasteiger partial charge >= 0.3 is 0 Å². The monoisotopic (exact) mass is 394 g/mol. The van der Waals surface area contributed by atoms with Crippen LogP contribution in [0.5, 0.6) is 0 Å². The Kier molecular flexibility index (Phi) is 8.31. The third kappa shape index (κ3) is 7.80. The minimum absolute atomic E-state index is 0.0742. The average molecular weight is 395 g/mol. The van der Waals surface area contributed by atoms with Gasteiger partial charge in [-0.15, -0.1) is 0 Å². The van der Waals surface area contributed by atoms with Crippen LogP contribution in [0.25, 0.3) is 0 Å². The summed E-state index contributed by atoms with van der Waals surface area (Å²) >= 11 is 0. The Morgan fingerprint density at radius 2 is 1.29 bits per heavy atom. The zero-order valence-corrected chi connectivity index (χ0v) is 17.5. The molecular weight excluding hydrogens is 360 g/mol. The molecule has 0 unspecified atom stereocenters. The van der Waals surface area contributed by atoms with Crippen molar-refractivity contribution in [1.29, 1.82) is 0 Å². The third-order valence-electron chi connectivity index (χ3n) is 4.40. The molecule has 28 heavy (non-hydrogen) atoms. The molecule has 0 bridgehead atoms. The molecule has 2 heterocycles. The van der Waals surface area contributed by atoms with Crippen molar-refractivity contribution in [3.05, 3.63) is 47.3 Å². The fraction of sp³-hybridized carbons (Fsp3) is 0.636. The normalized spacial score (nSPS) is 12.6. The fourth-order valence-electron chi connectivity index (χ4n) is 3.44. The molecule has 158 valence electrons. The Labute approximate surface area is 167 Å². The van der Waals surface area contributed by atoms with E-state index in [4.69, 9.17) is 28.5 Å². The van der Waals surface area contributed by atoms with Crippen molar-refractivity contribution < 1.29 is 28.5 Å². The van der Waals surface area contributed by atoms with E-state index in [-0.39, 0.29) is 24.2 Å². The van der Waals surface area contributed by atoms with Crippen LogP contribution in [0.15, 0.2) is 33.1 Å². The van der Waals surface area contributed by atoms with Crippen LogP contribution in [0.2, 0.25) is 0 Å². The van der Waals surface area contributed by atoms with E-state index in [1.165, 1.54) is 0 Å². The summed E-state index contributed by atoms with van der Waals surface area (Å²) in [7, 11) is 0. The first-order chi connectivity index (χ1) is 13.2. The summed E-state index contributed by atoms with van der Waals surface area (Å²) < 4.78 is 23.2. The van der Waals surface area contributed by atoms with Crippen molar-refractivity contribution in [1.82, 2.24) is 0 Å². The molecule has 0 fully saturated rings. The Balaban J connectivity index is 1.76. The number of aliphatic hydroxyl groups excluding tert-OH is 2. The van der Waals surface area contributed by atoms with E-state index in [0.29, 0.717) is 32.7 Å². The van der Waals surface area contributed by atoms with E-state index >= 15 is 0 Å². The molecule has 0 amide bonds. The number of ether oxygens (including phenoxy) is 2. The summed E-state index contributed by atoms with van der Waals surface area (Å²) in [6.45, 7) is 10.0. The van der Waals surface area contributed by atoms with Gasteiger partial charge in [0, 0.05) is 12.8 Å². The van der Waals surface area contributed by atoms with E-state index in [2.05, 4.69) is 27.7 Å². The predicted molar refractivity (Wildman–Crippen MR) is 106 cm³/mol. The minimum Gasteiger partial charge on any atom is -0.464 e. The Morgan fingerprint density at radius 1 is 0.786 bits per heavy atom. The number of rotatable bonds is 13. The second-order valence-corrected chi connectivity index (χ2v) is 8.57. The summed E-state index contributed by atoms with van der Waals surface area (Å²) in [5, 5.41) is 17.9. The van der Waals surface area contributed by atoms with E-state index in [0.717, 1.165) is 29.5 Å². The molecule has 2 N–H and O–H groups in total. The van der Waals surface area contributed by atoms with Gasteiger partial charge in [0.15, 0.2) is 0 Å². The van der Waals surface area contributed by atoms with Gasteiger partial charge in [-0.3, -0.25) is 0 Å². The molecule has 0 spiro atoms. The first-order valence-electron chi connectivity index (χ1n) is 9.82. The van der Waals surface area contributed by atoms with Crippen molar-refractivity contribution in [3.63, 3.8) is 0 Å². The van der Waals surface area contributed by atoms with Crippen LogP contribution in [0.4, 0.5) is 0 Å². The molecule has 6 heteroatoms. The Bertz CT molecular complexity index is 697. The van der Waals surface area contributed by atoms with E-state index in [1.807, 2.05) is 24.3 Å². The zero-order valence-electron chi connectivity index (χ0n) is 17.5. The van der Waals surface area contributed by atoms with E-state index < -0.39 is 0 Å². The SMILES string of the molecule is CC(C)(COCc1ccc(CCO)o1)CC(C)(C)OCc1ccc(CCO)o1. The molecule has 0 aliphatic carbocycles. The lowest BCUT2D eigenvalue weighted by atomic mass is 9.82. The van der Waals surface area contributed by atoms with Gasteiger partial charge in [-0.05, 0) is 49.9 Å². The molecule has 0 aromatic carbocycles. The molecule has 2 aromatic heterocycles. The second-order valence-electron chi connectivity index (χ2n) is 8.57. The fourth-order valence-corrected chi connectivity index (χ4v) is 3.44. The van der Waals surface area contributed by atoms with Crippen molar-refractivity contribution in [2.45, 2.75) is 65.8 Å². The van der Waals surface area contributed by atoms with Crippen molar-refractivity contribution in [2.75, 3.05) is 19.8 Å². The lowest BCUT2D eigenvalue weighted by Gasteiger charge is -2.34. The molecule has 0 saturated carbocycles. The molecule has 0 radical (unpaired) electrons. The minimum atomic E-state index is -0.338. The summed E-state index contributed by atoms with van der Waals surface area (Å²) in [6.07, 6.45) is 1.86. The highest BCUT2D eigenvalue weighted by Crippen LogP contribution is 2.31. The van der Waals surface area contributed by atoms with Gasteiger partial charge in [0.2, 0.25) is 0 Å². The van der Waals surface area contributed by atoms with Crippen LogP contribution in [-0.4, -0.2) is 35.6 Å². The average Bonchev–Trinajstić information content (AvgIpc) is 3.22. The highest BCUT2D eigenvalue weighted by molar-refractivity contribution is 5.07. The maximum absolute atomic E-state index is 8.97. The second kappa shape index (κ2) is 10.3. The molecule has 2 aromatic rings. The summed E-state index contributed by atoms with van der Waals surface area (Å²) in [6, 6.07) is 7.53. The van der Waals surface area contributed by atoms with Gasteiger partial charge < -0.3 is 28.5 Å². The van der Waals surface area contributed by atoms with Crippen LogP contribution in [0, 0.1) is 5.41 Å². The van der Waals surface area contributed by atoms with Crippen LogP contribution >= 0.6 is 0 Å². The maximum atomic E-state index is 8.97. The van der Waals surface area contributed by atoms with Crippen molar-refractivity contribution >= 4 is 0 Å². The van der Waals surface area contributed by atoms with E-state index in [9.17, 15) is 0 Å². The van der Waals surface area contributed by atoms with Crippen LogP contribution in [0.1, 0.15) is 57.2 Å².